The van der Waals surface area contributed by atoms with Crippen LogP contribution in [0.2, 0.25) is 4.34 Å². The van der Waals surface area contributed by atoms with Gasteiger partial charge in [-0.3, -0.25) is 19.1 Å². The monoisotopic (exact) mass is 504 g/mol. The molecule has 5 aromatic rings. The highest BCUT2D eigenvalue weighted by Crippen LogP contribution is 2.30. The van der Waals surface area contributed by atoms with E-state index in [4.69, 9.17) is 16.3 Å². The summed E-state index contributed by atoms with van der Waals surface area (Å²) in [6.45, 7) is 0.187. The second-order valence-corrected chi connectivity index (χ2v) is 9.00. The Hall–Kier alpha value is -4.28. The lowest BCUT2D eigenvalue weighted by molar-refractivity contribution is 0.0954. The number of carbonyl (C=O) groups excluding carboxylic acids is 1. The Morgan fingerprint density at radius 1 is 1.09 bits per heavy atom. The van der Waals surface area contributed by atoms with Gasteiger partial charge in [-0.25, -0.2) is 4.68 Å². The molecule has 11 heteroatoms. The summed E-state index contributed by atoms with van der Waals surface area (Å²) in [6.07, 6.45) is 6.63. The van der Waals surface area contributed by atoms with Crippen molar-refractivity contribution in [3.63, 3.8) is 0 Å². The van der Waals surface area contributed by atoms with Gasteiger partial charge in [0.1, 0.15) is 17.1 Å². The maximum atomic E-state index is 12.3. The molecule has 4 aromatic heterocycles. The first kappa shape index (κ1) is 22.5. The quantitative estimate of drug-likeness (QED) is 0.355. The van der Waals surface area contributed by atoms with Crippen molar-refractivity contribution in [2.75, 3.05) is 0 Å². The highest BCUT2D eigenvalue weighted by Gasteiger charge is 2.14. The zero-order valence-electron chi connectivity index (χ0n) is 18.0. The normalized spacial score (nSPS) is 10.8. The van der Waals surface area contributed by atoms with Crippen molar-refractivity contribution in [3.8, 4) is 22.9 Å². The number of benzene rings is 1. The number of amides is 1. The van der Waals surface area contributed by atoms with Gasteiger partial charge in [0.25, 0.3) is 11.5 Å². The molecule has 0 atom stereocenters. The molecule has 1 amide bonds. The molecule has 1 N–H and O–H groups in total. The fraction of sp³-hybridized carbons (Fsp3) is 0.0417. The van der Waals surface area contributed by atoms with Crippen molar-refractivity contribution in [2.45, 2.75) is 6.54 Å². The minimum absolute atomic E-state index is 0.166. The lowest BCUT2D eigenvalue weighted by atomic mass is 10.2. The van der Waals surface area contributed by atoms with E-state index in [1.54, 1.807) is 84.1 Å². The highest BCUT2D eigenvalue weighted by atomic mass is 35.5. The number of rotatable bonds is 7. The summed E-state index contributed by atoms with van der Waals surface area (Å²) in [5, 5.41) is 11.2. The molecule has 0 fully saturated rings. The number of carbonyl (C=O) groups is 1. The van der Waals surface area contributed by atoms with Crippen LogP contribution in [0.1, 0.15) is 15.4 Å². The van der Waals surface area contributed by atoms with Crippen LogP contribution in [0.25, 0.3) is 11.4 Å². The number of nitrogens with one attached hydrogen (secondary N) is 1. The third-order valence-corrected chi connectivity index (χ3v) is 6.17. The summed E-state index contributed by atoms with van der Waals surface area (Å²) in [4.78, 5) is 29.1. The van der Waals surface area contributed by atoms with Gasteiger partial charge < -0.3 is 10.1 Å². The molecule has 0 saturated heterocycles. The first-order chi connectivity index (χ1) is 17.1. The van der Waals surface area contributed by atoms with E-state index < -0.39 is 0 Å². The van der Waals surface area contributed by atoms with E-state index in [1.807, 2.05) is 0 Å². The fourth-order valence-corrected chi connectivity index (χ4v) is 4.25. The molecule has 0 aliphatic heterocycles. The molecule has 0 aliphatic carbocycles. The van der Waals surface area contributed by atoms with E-state index in [2.05, 4.69) is 20.6 Å². The van der Waals surface area contributed by atoms with E-state index in [1.165, 1.54) is 22.0 Å². The van der Waals surface area contributed by atoms with Crippen LogP contribution in [0, 0.1) is 0 Å². The summed E-state index contributed by atoms with van der Waals surface area (Å²) in [7, 11) is 0. The summed E-state index contributed by atoms with van der Waals surface area (Å²) in [5.41, 5.74) is 1.62. The van der Waals surface area contributed by atoms with Crippen molar-refractivity contribution < 1.29 is 9.53 Å². The Labute approximate surface area is 208 Å². The van der Waals surface area contributed by atoms with Gasteiger partial charge in [0.2, 0.25) is 0 Å². The molecular formula is C24H17ClN6O3S. The number of hydrogen-bond acceptors (Lipinski definition) is 7. The van der Waals surface area contributed by atoms with E-state index in [0.717, 1.165) is 0 Å². The van der Waals surface area contributed by atoms with Crippen molar-refractivity contribution in [1.82, 2.24) is 29.9 Å². The topological polar surface area (TPSA) is 104 Å². The lowest BCUT2D eigenvalue weighted by Gasteiger charge is -2.13. The van der Waals surface area contributed by atoms with E-state index in [0.29, 0.717) is 37.8 Å². The molecule has 5 rings (SSSR count). The summed E-state index contributed by atoms with van der Waals surface area (Å²) < 4.78 is 9.72. The molecule has 1 aromatic carbocycles. The van der Waals surface area contributed by atoms with Crippen LogP contribution in [-0.4, -0.2) is 30.5 Å². The molecular weight excluding hydrogens is 488 g/mol. The molecule has 0 bridgehead atoms. The number of halogens is 1. The van der Waals surface area contributed by atoms with E-state index >= 15 is 0 Å². The lowest BCUT2D eigenvalue weighted by Crippen LogP contribution is -2.21. The number of ether oxygens (including phenoxy) is 1. The van der Waals surface area contributed by atoms with E-state index in [-0.39, 0.29) is 18.0 Å². The number of thiophene rings is 1. The molecule has 174 valence electrons. The second kappa shape index (κ2) is 9.92. The molecule has 0 aliphatic rings. The van der Waals surface area contributed by atoms with Gasteiger partial charge >= 0.3 is 0 Å². The molecule has 0 unspecified atom stereocenters. The smallest absolute Gasteiger partial charge is 0.261 e. The van der Waals surface area contributed by atoms with Gasteiger partial charge in [-0.15, -0.1) is 16.4 Å². The van der Waals surface area contributed by atoms with E-state index in [9.17, 15) is 9.59 Å². The van der Waals surface area contributed by atoms with Crippen molar-refractivity contribution >= 4 is 28.8 Å². The molecule has 4 heterocycles. The van der Waals surface area contributed by atoms with Crippen LogP contribution >= 0.6 is 22.9 Å². The number of aromatic nitrogens is 5. The predicted molar refractivity (Wildman–Crippen MR) is 132 cm³/mol. The molecule has 35 heavy (non-hydrogen) atoms. The van der Waals surface area contributed by atoms with Gasteiger partial charge in [0, 0.05) is 30.7 Å². The molecule has 0 spiro atoms. The first-order valence-electron chi connectivity index (χ1n) is 10.4. The maximum absolute atomic E-state index is 12.3. The van der Waals surface area contributed by atoms with Gasteiger partial charge in [-0.05, 0) is 42.5 Å². The van der Waals surface area contributed by atoms with Gasteiger partial charge in [-0.2, -0.15) is 0 Å². The summed E-state index contributed by atoms with van der Waals surface area (Å²) >= 11 is 7.11. The van der Waals surface area contributed by atoms with Crippen molar-refractivity contribution in [3.05, 3.63) is 111 Å². The highest BCUT2D eigenvalue weighted by molar-refractivity contribution is 7.17. The Morgan fingerprint density at radius 2 is 1.94 bits per heavy atom. The second-order valence-electron chi connectivity index (χ2n) is 7.29. The number of hydrogen-bond donors (Lipinski definition) is 1. The third-order valence-electron chi connectivity index (χ3n) is 4.94. The average Bonchev–Trinajstić information content (AvgIpc) is 3.53. The standard InChI is InChI=1S/C24H17ClN6O3S/c25-22-7-6-21(35-22)24(33)27-14-16-15-31(29-28-16)19-5-4-17(30-12-2-1-3-23(30)32)13-20(19)34-18-8-10-26-11-9-18/h1-13,15H,14H2,(H,27,33). The zero-order valence-corrected chi connectivity index (χ0v) is 19.6. The van der Waals surface area contributed by atoms with Gasteiger partial charge in [-0.1, -0.05) is 22.9 Å². The Balaban J connectivity index is 1.43. The summed E-state index contributed by atoms with van der Waals surface area (Å²) in [5.74, 6) is 0.787. The number of pyridine rings is 2. The summed E-state index contributed by atoms with van der Waals surface area (Å²) in [6, 6.07) is 17.1. The van der Waals surface area contributed by atoms with Crippen LogP contribution in [-0.2, 0) is 6.54 Å². The Kier molecular flexibility index (Phi) is 6.38. The Bertz CT molecular complexity index is 1550. The van der Waals surface area contributed by atoms with Gasteiger partial charge in [0.15, 0.2) is 5.75 Å². The van der Waals surface area contributed by atoms with Crippen LogP contribution in [0.5, 0.6) is 11.5 Å². The average molecular weight is 505 g/mol. The van der Waals surface area contributed by atoms with Crippen LogP contribution in [0.3, 0.4) is 0 Å². The predicted octanol–water partition coefficient (Wildman–Crippen LogP) is 4.25. The SMILES string of the molecule is O=C(NCc1cn(-c2ccc(-n3ccccc3=O)cc2Oc2ccncc2)nn1)c1ccc(Cl)s1. The van der Waals surface area contributed by atoms with Crippen molar-refractivity contribution in [2.24, 2.45) is 0 Å². The Morgan fingerprint density at radius 3 is 2.71 bits per heavy atom. The fourth-order valence-electron chi connectivity index (χ4n) is 3.29. The third kappa shape index (κ3) is 5.13. The van der Waals surface area contributed by atoms with Crippen molar-refractivity contribution in [1.29, 1.82) is 0 Å². The first-order valence-corrected chi connectivity index (χ1v) is 11.6. The molecule has 0 radical (unpaired) electrons. The zero-order chi connectivity index (χ0) is 24.2. The number of nitrogens with zero attached hydrogens (tertiary/aromatic N) is 5. The minimum Gasteiger partial charge on any atom is -0.455 e. The van der Waals surface area contributed by atoms with Crippen LogP contribution < -0.4 is 15.6 Å². The van der Waals surface area contributed by atoms with Crippen LogP contribution in [0.15, 0.2) is 90.2 Å². The molecule has 0 saturated carbocycles. The largest absolute Gasteiger partial charge is 0.455 e. The maximum Gasteiger partial charge on any atom is 0.261 e. The van der Waals surface area contributed by atoms with Crippen LogP contribution in [0.4, 0.5) is 0 Å². The minimum atomic E-state index is -0.240. The molecule has 9 nitrogen and oxygen atoms in total. The van der Waals surface area contributed by atoms with Gasteiger partial charge in [0.05, 0.1) is 27.6 Å².